The maximum atomic E-state index is 13.5. The van der Waals surface area contributed by atoms with E-state index in [1.165, 1.54) is 5.57 Å². The molecule has 0 aromatic carbocycles. The second-order valence-electron chi connectivity index (χ2n) is 9.33. The minimum atomic E-state index is -0.338. The van der Waals surface area contributed by atoms with Gasteiger partial charge in [-0.05, 0) is 57.5 Å². The number of likely N-dealkylation sites (N-methyl/N-ethyl adjacent to an activating group) is 2. The molecule has 1 N–H and O–H groups in total. The number of nitrogens with zero attached hydrogens (tertiary/aromatic N) is 4. The summed E-state index contributed by atoms with van der Waals surface area (Å²) in [6.07, 6.45) is 6.75. The molecule has 1 aromatic rings. The maximum absolute atomic E-state index is 13.5. The summed E-state index contributed by atoms with van der Waals surface area (Å²) in [7, 11) is 5.49. The summed E-state index contributed by atoms with van der Waals surface area (Å²) in [5, 5.41) is 9.79. The topological polar surface area (TPSA) is 86.2 Å². The standard InChI is InChI=1S/C24H36N4O4/c1-16-12-28(17(2)15-29)24(31)20-10-19(18-8-6-7-9-18)11-25-23(20)32-21(16)13-27(5)22(30)14-26(3)4/h8,10-11,16-17,21,29H,6-7,9,12-15H2,1-5H3/t16-,17+,21+/m1/s1. The van der Waals surface area contributed by atoms with E-state index in [2.05, 4.69) is 11.1 Å². The summed E-state index contributed by atoms with van der Waals surface area (Å²) >= 11 is 0. The zero-order valence-electron chi connectivity index (χ0n) is 19.9. The van der Waals surface area contributed by atoms with E-state index in [4.69, 9.17) is 4.74 Å². The summed E-state index contributed by atoms with van der Waals surface area (Å²) < 4.78 is 6.28. The van der Waals surface area contributed by atoms with Crippen molar-refractivity contribution in [3.63, 3.8) is 0 Å². The van der Waals surface area contributed by atoms with Gasteiger partial charge in [0.2, 0.25) is 11.8 Å². The van der Waals surface area contributed by atoms with E-state index in [0.717, 1.165) is 24.8 Å². The number of rotatable bonds is 7. The van der Waals surface area contributed by atoms with Crippen molar-refractivity contribution < 1.29 is 19.4 Å². The lowest BCUT2D eigenvalue weighted by atomic mass is 9.99. The Balaban J connectivity index is 1.94. The van der Waals surface area contributed by atoms with Crippen LogP contribution >= 0.6 is 0 Å². The summed E-state index contributed by atoms with van der Waals surface area (Å²) in [6, 6.07) is 1.53. The molecule has 0 fully saturated rings. The first kappa shape index (κ1) is 24.2. The minimum Gasteiger partial charge on any atom is -0.472 e. The molecule has 3 rings (SSSR count). The molecule has 2 aliphatic rings. The van der Waals surface area contributed by atoms with Gasteiger partial charge in [0.05, 0.1) is 25.7 Å². The van der Waals surface area contributed by atoms with Crippen LogP contribution < -0.4 is 4.74 Å². The number of aromatic nitrogens is 1. The Morgan fingerprint density at radius 3 is 2.75 bits per heavy atom. The third-order valence-electron chi connectivity index (χ3n) is 6.26. The normalized spacial score (nSPS) is 22.0. The van der Waals surface area contributed by atoms with Crippen molar-refractivity contribution in [2.75, 3.05) is 47.4 Å². The summed E-state index contributed by atoms with van der Waals surface area (Å²) in [4.78, 5) is 35.7. The molecule has 1 aliphatic carbocycles. The average molecular weight is 445 g/mol. The van der Waals surface area contributed by atoms with E-state index in [9.17, 15) is 14.7 Å². The van der Waals surface area contributed by atoms with Gasteiger partial charge in [-0.25, -0.2) is 4.98 Å². The van der Waals surface area contributed by atoms with Gasteiger partial charge in [-0.3, -0.25) is 9.59 Å². The number of aliphatic hydroxyl groups excluding tert-OH is 1. The van der Waals surface area contributed by atoms with Crippen molar-refractivity contribution in [1.29, 1.82) is 0 Å². The van der Waals surface area contributed by atoms with Crippen LogP contribution in [0.3, 0.4) is 0 Å². The fourth-order valence-corrected chi connectivity index (χ4v) is 4.19. The second kappa shape index (κ2) is 10.4. The van der Waals surface area contributed by atoms with E-state index in [0.29, 0.717) is 25.2 Å². The molecule has 176 valence electrons. The first-order valence-electron chi connectivity index (χ1n) is 11.4. The van der Waals surface area contributed by atoms with Crippen molar-refractivity contribution in [2.24, 2.45) is 5.92 Å². The van der Waals surface area contributed by atoms with Crippen LogP contribution in [0.1, 0.15) is 49.0 Å². The molecule has 0 saturated heterocycles. The highest BCUT2D eigenvalue weighted by molar-refractivity contribution is 5.97. The molecule has 8 heteroatoms. The Bertz CT molecular complexity index is 870. The molecule has 3 atom stereocenters. The van der Waals surface area contributed by atoms with Gasteiger partial charge in [0.25, 0.3) is 5.91 Å². The first-order valence-corrected chi connectivity index (χ1v) is 11.4. The Hall–Kier alpha value is -2.45. The van der Waals surface area contributed by atoms with Crippen LogP contribution in [0.15, 0.2) is 18.3 Å². The highest BCUT2D eigenvalue weighted by Gasteiger charge is 2.35. The van der Waals surface area contributed by atoms with Gasteiger partial charge < -0.3 is 24.5 Å². The quantitative estimate of drug-likeness (QED) is 0.691. The maximum Gasteiger partial charge on any atom is 0.259 e. The molecule has 2 heterocycles. The molecule has 0 bridgehead atoms. The van der Waals surface area contributed by atoms with Gasteiger partial charge in [0.15, 0.2) is 0 Å². The van der Waals surface area contributed by atoms with Gasteiger partial charge in [-0.2, -0.15) is 0 Å². The molecule has 0 radical (unpaired) electrons. The summed E-state index contributed by atoms with van der Waals surface area (Å²) in [5.41, 5.74) is 2.56. The Morgan fingerprint density at radius 1 is 1.38 bits per heavy atom. The van der Waals surface area contributed by atoms with E-state index < -0.39 is 0 Å². The SMILES string of the molecule is C[C@@H]1CN([C@@H](C)CO)C(=O)c2cc(C3=CCCC3)cnc2O[C@H]1CN(C)C(=O)CN(C)C. The van der Waals surface area contributed by atoms with Crippen LogP contribution in [0.2, 0.25) is 0 Å². The Labute approximate surface area is 190 Å². The predicted octanol–water partition coefficient (Wildman–Crippen LogP) is 1.89. The minimum absolute atomic E-state index is 0.00113. The highest BCUT2D eigenvalue weighted by Crippen LogP contribution is 2.32. The van der Waals surface area contributed by atoms with Gasteiger partial charge in [0, 0.05) is 25.7 Å². The van der Waals surface area contributed by atoms with Crippen LogP contribution in [0.5, 0.6) is 5.88 Å². The van der Waals surface area contributed by atoms with E-state index in [1.54, 1.807) is 23.0 Å². The fourth-order valence-electron chi connectivity index (χ4n) is 4.19. The molecule has 0 unspecified atom stereocenters. The van der Waals surface area contributed by atoms with Gasteiger partial charge in [0.1, 0.15) is 11.7 Å². The molecule has 8 nitrogen and oxygen atoms in total. The fraction of sp³-hybridized carbons (Fsp3) is 0.625. The monoisotopic (exact) mass is 444 g/mol. The van der Waals surface area contributed by atoms with Crippen molar-refractivity contribution in [1.82, 2.24) is 19.7 Å². The van der Waals surface area contributed by atoms with Crippen molar-refractivity contribution in [3.05, 3.63) is 29.5 Å². The van der Waals surface area contributed by atoms with Crippen LogP contribution in [0, 0.1) is 5.92 Å². The number of pyridine rings is 1. The number of hydrogen-bond donors (Lipinski definition) is 1. The third-order valence-corrected chi connectivity index (χ3v) is 6.26. The van der Waals surface area contributed by atoms with E-state index in [1.807, 2.05) is 38.9 Å². The molecular weight excluding hydrogens is 408 g/mol. The largest absolute Gasteiger partial charge is 0.472 e. The molecule has 2 amide bonds. The van der Waals surface area contributed by atoms with E-state index >= 15 is 0 Å². The molecule has 0 spiro atoms. The molecule has 1 aliphatic heterocycles. The lowest BCUT2D eigenvalue weighted by Gasteiger charge is -2.37. The second-order valence-corrected chi connectivity index (χ2v) is 9.33. The van der Waals surface area contributed by atoms with Crippen LogP contribution in [0.4, 0.5) is 0 Å². The van der Waals surface area contributed by atoms with Crippen molar-refractivity contribution in [3.8, 4) is 5.88 Å². The molecule has 32 heavy (non-hydrogen) atoms. The smallest absolute Gasteiger partial charge is 0.259 e. The first-order chi connectivity index (χ1) is 15.2. The van der Waals surface area contributed by atoms with Crippen LogP contribution in [0.25, 0.3) is 5.57 Å². The number of amides is 2. The van der Waals surface area contributed by atoms with Gasteiger partial charge >= 0.3 is 0 Å². The highest BCUT2D eigenvalue weighted by atomic mass is 16.5. The summed E-state index contributed by atoms with van der Waals surface area (Å²) in [6.45, 7) is 4.84. The Kier molecular flexibility index (Phi) is 7.90. The molecule has 1 aromatic heterocycles. The van der Waals surface area contributed by atoms with Gasteiger partial charge in [-0.15, -0.1) is 0 Å². The molecule has 0 saturated carbocycles. The lowest BCUT2D eigenvalue weighted by molar-refractivity contribution is -0.132. The zero-order chi connectivity index (χ0) is 23.4. The molecular formula is C24H36N4O4. The average Bonchev–Trinajstić information content (AvgIpc) is 3.29. The number of ether oxygens (including phenoxy) is 1. The number of aliphatic hydroxyl groups is 1. The van der Waals surface area contributed by atoms with Gasteiger partial charge in [-0.1, -0.05) is 13.0 Å². The van der Waals surface area contributed by atoms with Crippen LogP contribution in [-0.2, 0) is 4.79 Å². The predicted molar refractivity (Wildman–Crippen MR) is 123 cm³/mol. The summed E-state index contributed by atoms with van der Waals surface area (Å²) in [5.74, 6) is 0.0465. The number of carbonyl (C=O) groups excluding carboxylic acids is 2. The zero-order valence-corrected chi connectivity index (χ0v) is 19.9. The third kappa shape index (κ3) is 5.48. The number of allylic oxidation sites excluding steroid dienone is 2. The number of fused-ring (bicyclic) bond motifs is 1. The van der Waals surface area contributed by atoms with Crippen LogP contribution in [-0.4, -0.2) is 96.1 Å². The lowest BCUT2D eigenvalue weighted by Crippen LogP contribution is -2.51. The van der Waals surface area contributed by atoms with Crippen molar-refractivity contribution in [2.45, 2.75) is 45.3 Å². The Morgan fingerprint density at radius 2 is 2.12 bits per heavy atom. The van der Waals surface area contributed by atoms with Crippen molar-refractivity contribution >= 4 is 17.4 Å². The van der Waals surface area contributed by atoms with E-state index in [-0.39, 0.29) is 42.4 Å². The number of hydrogen-bond acceptors (Lipinski definition) is 6. The number of carbonyl (C=O) groups is 2.